The molecule has 1 aliphatic heterocycles. The number of nitrogens with one attached hydrogen (secondary N) is 2. The second kappa shape index (κ2) is 12.5. The Kier molecular flexibility index (Phi) is 9.17. The van der Waals surface area contributed by atoms with Gasteiger partial charge in [0.15, 0.2) is 0 Å². The van der Waals surface area contributed by atoms with Crippen LogP contribution in [0.15, 0.2) is 53.5 Å². The lowest BCUT2D eigenvalue weighted by Crippen LogP contribution is -2.50. The number of primary amides is 1. The number of fused-ring (bicyclic) bond motifs is 1. The minimum absolute atomic E-state index is 0.209. The number of ether oxygens (including phenoxy) is 1. The zero-order valence-corrected chi connectivity index (χ0v) is 22.7. The lowest BCUT2D eigenvalue weighted by Gasteiger charge is -2.36. The summed E-state index contributed by atoms with van der Waals surface area (Å²) < 4.78 is 72.7. The van der Waals surface area contributed by atoms with Gasteiger partial charge in [-0.1, -0.05) is 42.5 Å². The van der Waals surface area contributed by atoms with E-state index in [0.717, 1.165) is 0 Å². The summed E-state index contributed by atoms with van der Waals surface area (Å²) in [6, 6.07) is 13.8. The average molecular weight is 595 g/mol. The zero-order valence-electron chi connectivity index (χ0n) is 22.7. The van der Waals surface area contributed by atoms with Gasteiger partial charge >= 0.3 is 6.18 Å². The topological polar surface area (TPSA) is 123 Å². The van der Waals surface area contributed by atoms with Crippen LogP contribution in [0.4, 0.5) is 27.6 Å². The summed E-state index contributed by atoms with van der Waals surface area (Å²) in [4.78, 5) is 44.1. The van der Waals surface area contributed by atoms with Gasteiger partial charge in [-0.05, 0) is 31.2 Å². The summed E-state index contributed by atoms with van der Waals surface area (Å²) >= 11 is 0. The van der Waals surface area contributed by atoms with Crippen LogP contribution in [0.2, 0.25) is 0 Å². The third-order valence-corrected chi connectivity index (χ3v) is 7.69. The van der Waals surface area contributed by atoms with Crippen molar-refractivity contribution >= 4 is 29.1 Å². The summed E-state index contributed by atoms with van der Waals surface area (Å²) in [5.41, 5.74) is 7.16. The van der Waals surface area contributed by atoms with Crippen molar-refractivity contribution in [3.63, 3.8) is 0 Å². The van der Waals surface area contributed by atoms with E-state index >= 15 is 0 Å². The molecule has 0 saturated heterocycles. The summed E-state index contributed by atoms with van der Waals surface area (Å²) in [5.74, 6) is -9.53. The van der Waals surface area contributed by atoms with Crippen LogP contribution in [0.25, 0.3) is 0 Å². The van der Waals surface area contributed by atoms with E-state index in [1.54, 1.807) is 48.5 Å². The van der Waals surface area contributed by atoms with Crippen LogP contribution in [0.1, 0.15) is 49.7 Å². The van der Waals surface area contributed by atoms with E-state index in [9.17, 15) is 36.3 Å². The highest BCUT2D eigenvalue weighted by atomic mass is 19.4. The number of halogens is 5. The van der Waals surface area contributed by atoms with Crippen molar-refractivity contribution in [2.24, 2.45) is 28.5 Å². The van der Waals surface area contributed by atoms with E-state index in [1.807, 2.05) is 0 Å². The highest BCUT2D eigenvalue weighted by molar-refractivity contribution is 6.20. The fraction of sp³-hybridized carbons (Fsp3) is 0.448. The van der Waals surface area contributed by atoms with Crippen LogP contribution < -0.4 is 21.1 Å². The highest BCUT2D eigenvalue weighted by Crippen LogP contribution is 2.43. The standard InChI is InChI=1S/C29H31F5N4O4/c1-42-20-9-5-8-19-22(17-6-3-2-4-7-17)36-25(27(41)37-23(19)20)38-26(40)21(16-10-13-28(30,31)14-11-16)18(24(35)39)12-15-29(32,33)34/h2-9,16,18,21,25H,10-15H2,1H3,(H2,35,39)(H,37,41)(H,38,40)/t18-,21+,25-/m1/s1. The van der Waals surface area contributed by atoms with Crippen molar-refractivity contribution in [1.82, 2.24) is 5.32 Å². The first-order valence-corrected chi connectivity index (χ1v) is 13.5. The molecule has 8 nitrogen and oxygen atoms in total. The summed E-state index contributed by atoms with van der Waals surface area (Å²) in [5, 5.41) is 5.17. The molecular weight excluding hydrogens is 563 g/mol. The predicted octanol–water partition coefficient (Wildman–Crippen LogP) is 4.81. The number of hydrogen-bond donors (Lipinski definition) is 3. The van der Waals surface area contributed by atoms with Gasteiger partial charge in [0.05, 0.1) is 24.4 Å². The van der Waals surface area contributed by atoms with Gasteiger partial charge in [0.2, 0.25) is 23.9 Å². The number of anilines is 1. The maximum Gasteiger partial charge on any atom is 0.389 e. The van der Waals surface area contributed by atoms with E-state index in [2.05, 4.69) is 15.6 Å². The molecule has 226 valence electrons. The number of para-hydroxylation sites is 1. The second-order valence-electron chi connectivity index (χ2n) is 10.5. The highest BCUT2D eigenvalue weighted by Gasteiger charge is 2.46. The molecule has 4 rings (SSSR count). The average Bonchev–Trinajstić information content (AvgIpc) is 3.07. The Morgan fingerprint density at radius 3 is 2.38 bits per heavy atom. The summed E-state index contributed by atoms with van der Waals surface area (Å²) in [6.45, 7) is 0. The first-order chi connectivity index (χ1) is 19.8. The Labute approximate surface area is 238 Å². The number of aliphatic imine (C=N–C) groups is 1. The molecule has 1 aliphatic carbocycles. The molecular formula is C29H31F5N4O4. The number of benzene rings is 2. The molecule has 1 heterocycles. The molecule has 0 bridgehead atoms. The fourth-order valence-corrected chi connectivity index (χ4v) is 5.60. The molecule has 42 heavy (non-hydrogen) atoms. The normalized spacial score (nSPS) is 20.3. The molecule has 3 amide bonds. The van der Waals surface area contributed by atoms with Crippen molar-refractivity contribution in [3.8, 4) is 5.75 Å². The molecule has 1 fully saturated rings. The van der Waals surface area contributed by atoms with E-state index in [1.165, 1.54) is 7.11 Å². The van der Waals surface area contributed by atoms with Gasteiger partial charge in [0.25, 0.3) is 5.91 Å². The van der Waals surface area contributed by atoms with Crippen LogP contribution in [-0.4, -0.2) is 48.8 Å². The first kappa shape index (κ1) is 30.9. The largest absolute Gasteiger partial charge is 0.495 e. The Bertz CT molecular complexity index is 1340. The molecule has 1 saturated carbocycles. The monoisotopic (exact) mass is 594 g/mol. The molecule has 3 atom stereocenters. The maximum atomic E-state index is 13.9. The first-order valence-electron chi connectivity index (χ1n) is 13.5. The molecule has 2 aromatic carbocycles. The zero-order chi connectivity index (χ0) is 30.7. The lowest BCUT2D eigenvalue weighted by atomic mass is 9.71. The smallest absolute Gasteiger partial charge is 0.389 e. The van der Waals surface area contributed by atoms with Crippen LogP contribution in [0.5, 0.6) is 5.75 Å². The van der Waals surface area contributed by atoms with Crippen LogP contribution in [0, 0.1) is 17.8 Å². The minimum Gasteiger partial charge on any atom is -0.495 e. The van der Waals surface area contributed by atoms with Crippen LogP contribution in [-0.2, 0) is 14.4 Å². The van der Waals surface area contributed by atoms with Crippen molar-refractivity contribution in [2.45, 2.75) is 56.8 Å². The van der Waals surface area contributed by atoms with E-state index < -0.39 is 79.4 Å². The molecule has 4 N–H and O–H groups in total. The number of amides is 3. The van der Waals surface area contributed by atoms with E-state index in [-0.39, 0.29) is 18.5 Å². The molecule has 2 aromatic rings. The Hall–Kier alpha value is -4.03. The number of rotatable bonds is 9. The van der Waals surface area contributed by atoms with E-state index in [4.69, 9.17) is 10.5 Å². The lowest BCUT2D eigenvalue weighted by molar-refractivity contribution is -0.148. The minimum atomic E-state index is -4.64. The molecule has 2 aliphatic rings. The second-order valence-corrected chi connectivity index (χ2v) is 10.5. The number of nitrogens with two attached hydrogens (primary N) is 1. The predicted molar refractivity (Wildman–Crippen MR) is 144 cm³/mol. The van der Waals surface area contributed by atoms with Crippen molar-refractivity contribution in [2.75, 3.05) is 12.4 Å². The van der Waals surface area contributed by atoms with Gasteiger partial charge in [0.1, 0.15) is 5.75 Å². The molecule has 0 radical (unpaired) electrons. The number of alkyl halides is 5. The molecule has 0 spiro atoms. The summed E-state index contributed by atoms with van der Waals surface area (Å²) in [6.07, 6.45) is -10.0. The maximum absolute atomic E-state index is 13.9. The quantitative estimate of drug-likeness (QED) is 0.361. The van der Waals surface area contributed by atoms with Gasteiger partial charge in [-0.2, -0.15) is 13.2 Å². The number of nitrogens with zero attached hydrogens (tertiary/aromatic N) is 1. The van der Waals surface area contributed by atoms with Crippen LogP contribution >= 0.6 is 0 Å². The summed E-state index contributed by atoms with van der Waals surface area (Å²) in [7, 11) is 1.41. The van der Waals surface area contributed by atoms with E-state index in [0.29, 0.717) is 22.6 Å². The van der Waals surface area contributed by atoms with Gasteiger partial charge in [-0.3, -0.25) is 14.4 Å². The van der Waals surface area contributed by atoms with Gasteiger partial charge in [-0.15, -0.1) is 0 Å². The number of carbonyl (C=O) groups is 3. The Balaban J connectivity index is 1.72. The Morgan fingerprint density at radius 1 is 1.12 bits per heavy atom. The number of hydrogen-bond acceptors (Lipinski definition) is 5. The Morgan fingerprint density at radius 2 is 1.79 bits per heavy atom. The third kappa shape index (κ3) is 7.24. The van der Waals surface area contributed by atoms with Gasteiger partial charge < -0.3 is 21.1 Å². The molecule has 0 aromatic heterocycles. The fourth-order valence-electron chi connectivity index (χ4n) is 5.60. The molecule has 13 heteroatoms. The van der Waals surface area contributed by atoms with Gasteiger partial charge in [0, 0.05) is 36.3 Å². The van der Waals surface area contributed by atoms with Crippen LogP contribution in [0.3, 0.4) is 0 Å². The van der Waals surface area contributed by atoms with Crippen molar-refractivity contribution < 1.29 is 41.1 Å². The third-order valence-electron chi connectivity index (χ3n) is 7.69. The number of methoxy groups -OCH3 is 1. The number of carbonyl (C=O) groups excluding carboxylic acids is 3. The molecule has 0 unspecified atom stereocenters. The SMILES string of the molecule is COc1cccc2c1NC(=O)[C@@H](NC(=O)[C@@H](C1CCC(F)(F)CC1)[C@@H](CCC(F)(F)F)C(N)=O)N=C2c1ccccc1. The number of benzodiazepines with no additional fused rings is 1. The van der Waals surface area contributed by atoms with Gasteiger partial charge in [-0.25, -0.2) is 13.8 Å². The van der Waals surface area contributed by atoms with Crippen molar-refractivity contribution in [3.05, 3.63) is 59.7 Å². The van der Waals surface area contributed by atoms with Crippen molar-refractivity contribution in [1.29, 1.82) is 0 Å².